The van der Waals surface area contributed by atoms with Gasteiger partial charge in [-0.2, -0.15) is 0 Å². The van der Waals surface area contributed by atoms with Crippen molar-refractivity contribution in [3.63, 3.8) is 0 Å². The van der Waals surface area contributed by atoms with Crippen molar-refractivity contribution in [2.45, 2.75) is 30.8 Å². The first-order valence-electron chi connectivity index (χ1n) is 9.11. The Morgan fingerprint density at radius 1 is 1.26 bits per heavy atom. The van der Waals surface area contributed by atoms with Crippen LogP contribution in [0.5, 0.6) is 0 Å². The zero-order chi connectivity index (χ0) is 18.6. The highest BCUT2D eigenvalue weighted by Gasteiger charge is 2.48. The normalized spacial score (nSPS) is 20.9. The Bertz CT molecular complexity index is 1100. The number of carbonyl (C=O) groups excluding carboxylic acids is 1. The lowest BCUT2D eigenvalue weighted by molar-refractivity contribution is 0.0364. The number of thiazole rings is 1. The Morgan fingerprint density at radius 2 is 2.04 bits per heavy atom. The van der Waals surface area contributed by atoms with Crippen molar-refractivity contribution >= 4 is 22.2 Å². The van der Waals surface area contributed by atoms with Crippen LogP contribution in [0.15, 0.2) is 46.8 Å². The van der Waals surface area contributed by atoms with Gasteiger partial charge in [0, 0.05) is 36.3 Å². The van der Waals surface area contributed by atoms with Gasteiger partial charge in [-0.25, -0.2) is 4.98 Å². The topological polar surface area (TPSA) is 74.9 Å². The minimum atomic E-state index is -0.415. The van der Waals surface area contributed by atoms with Crippen LogP contribution in [-0.4, -0.2) is 44.5 Å². The van der Waals surface area contributed by atoms with E-state index in [2.05, 4.69) is 17.1 Å². The number of carbonyl (C=O) groups is 1. The first kappa shape index (κ1) is 16.6. The molecule has 3 heterocycles. The van der Waals surface area contributed by atoms with Crippen LogP contribution in [0.3, 0.4) is 0 Å². The molecule has 1 spiro atoms. The predicted molar refractivity (Wildman–Crippen MR) is 102 cm³/mol. The maximum absolute atomic E-state index is 12.9. The lowest BCUT2D eigenvalue weighted by atomic mass is 9.72. The first-order chi connectivity index (χ1) is 13.1. The zero-order valence-electron chi connectivity index (χ0n) is 14.7. The van der Waals surface area contributed by atoms with E-state index < -0.39 is 6.10 Å². The molecule has 1 amide bonds. The molecule has 2 aromatic heterocycles. The molecule has 3 aromatic rings. The largest absolute Gasteiger partial charge is 0.392 e. The third kappa shape index (κ3) is 2.38. The molecule has 0 bridgehead atoms. The summed E-state index contributed by atoms with van der Waals surface area (Å²) in [6, 6.07) is 8.19. The summed E-state index contributed by atoms with van der Waals surface area (Å²) in [5.41, 5.74) is 1.92. The van der Waals surface area contributed by atoms with Crippen molar-refractivity contribution in [2.24, 2.45) is 0 Å². The highest BCUT2D eigenvalue weighted by Crippen LogP contribution is 2.46. The predicted octanol–water partition coefficient (Wildman–Crippen LogP) is 1.85. The van der Waals surface area contributed by atoms with Crippen LogP contribution in [-0.2, 0) is 11.8 Å². The highest BCUT2D eigenvalue weighted by molar-refractivity contribution is 7.15. The minimum absolute atomic E-state index is 0.106. The van der Waals surface area contributed by atoms with E-state index in [1.165, 1.54) is 33.1 Å². The number of amides is 1. The van der Waals surface area contributed by atoms with Gasteiger partial charge in [0.2, 0.25) is 0 Å². The van der Waals surface area contributed by atoms with Gasteiger partial charge >= 0.3 is 0 Å². The molecule has 1 saturated heterocycles. The highest BCUT2D eigenvalue weighted by atomic mass is 32.1. The number of aromatic nitrogens is 2. The maximum atomic E-state index is 12.9. The van der Waals surface area contributed by atoms with Gasteiger partial charge in [0.25, 0.3) is 11.5 Å². The average Bonchev–Trinajstić information content (AvgIpc) is 3.27. The molecule has 1 aliphatic heterocycles. The second-order valence-corrected chi connectivity index (χ2v) is 8.23. The van der Waals surface area contributed by atoms with E-state index in [0.29, 0.717) is 37.3 Å². The number of benzene rings is 1. The van der Waals surface area contributed by atoms with Crippen LogP contribution < -0.4 is 5.56 Å². The van der Waals surface area contributed by atoms with Gasteiger partial charge in [0.1, 0.15) is 5.56 Å². The molecule has 1 N–H and O–H groups in total. The number of likely N-dealkylation sites (tertiary alicyclic amines) is 1. The number of hydrogen-bond acceptors (Lipinski definition) is 5. The van der Waals surface area contributed by atoms with Gasteiger partial charge in [-0.1, -0.05) is 24.3 Å². The Morgan fingerprint density at radius 3 is 2.85 bits per heavy atom. The number of hydrogen-bond donors (Lipinski definition) is 1. The molecular weight excluding hydrogens is 362 g/mol. The van der Waals surface area contributed by atoms with Crippen LogP contribution in [0.1, 0.15) is 34.3 Å². The van der Waals surface area contributed by atoms with Crippen molar-refractivity contribution < 1.29 is 9.90 Å². The molecule has 1 aliphatic carbocycles. The Kier molecular flexibility index (Phi) is 3.70. The van der Waals surface area contributed by atoms with Crippen LogP contribution >= 0.6 is 11.3 Å². The molecule has 1 fully saturated rings. The van der Waals surface area contributed by atoms with E-state index in [-0.39, 0.29) is 22.4 Å². The van der Waals surface area contributed by atoms with E-state index in [0.717, 1.165) is 0 Å². The Balaban J connectivity index is 1.41. The lowest BCUT2D eigenvalue weighted by Crippen LogP contribution is -2.49. The van der Waals surface area contributed by atoms with Crippen LogP contribution in [0.25, 0.3) is 4.96 Å². The summed E-state index contributed by atoms with van der Waals surface area (Å²) >= 11 is 1.36. The monoisotopic (exact) mass is 381 g/mol. The number of nitrogens with zero attached hydrogens (tertiary/aromatic N) is 3. The van der Waals surface area contributed by atoms with Crippen LogP contribution in [0, 0.1) is 0 Å². The lowest BCUT2D eigenvalue weighted by Gasteiger charge is -2.42. The molecule has 7 heteroatoms. The maximum Gasteiger partial charge on any atom is 0.271 e. The summed E-state index contributed by atoms with van der Waals surface area (Å²) in [7, 11) is 0. The Labute approximate surface area is 159 Å². The third-order valence-electron chi connectivity index (χ3n) is 6.12. The van der Waals surface area contributed by atoms with Crippen molar-refractivity contribution in [2.75, 3.05) is 13.1 Å². The molecule has 27 heavy (non-hydrogen) atoms. The summed E-state index contributed by atoms with van der Waals surface area (Å²) in [6.07, 6.45) is 4.69. The summed E-state index contributed by atoms with van der Waals surface area (Å²) in [5, 5.41) is 12.5. The molecule has 0 saturated carbocycles. The van der Waals surface area contributed by atoms with Gasteiger partial charge in [-0.15, -0.1) is 11.3 Å². The van der Waals surface area contributed by atoms with E-state index in [4.69, 9.17) is 0 Å². The SMILES string of the molecule is O=C(c1cnc2sccn2c1=O)N1CCC2(CC1)c1ccccc1CC2O. The molecule has 138 valence electrons. The van der Waals surface area contributed by atoms with E-state index >= 15 is 0 Å². The molecule has 6 nitrogen and oxygen atoms in total. The molecule has 1 atom stereocenters. The standard InChI is InChI=1S/C20H19N3O3S/c24-16-11-13-3-1-2-4-15(13)20(16)5-7-22(8-6-20)17(25)14-12-21-19-23(18(14)26)9-10-27-19/h1-4,9-10,12,16,24H,5-8,11H2. The molecule has 1 unspecified atom stereocenters. The first-order valence-corrected chi connectivity index (χ1v) is 9.99. The number of aliphatic hydroxyl groups is 1. The molecule has 1 aromatic carbocycles. The fraction of sp³-hybridized carbons (Fsp3) is 0.350. The summed E-state index contributed by atoms with van der Waals surface area (Å²) < 4.78 is 1.42. The van der Waals surface area contributed by atoms with Crippen molar-refractivity contribution in [3.05, 3.63) is 69.1 Å². The van der Waals surface area contributed by atoms with Gasteiger partial charge in [-0.05, 0) is 30.4 Å². The van der Waals surface area contributed by atoms with Crippen LogP contribution in [0.2, 0.25) is 0 Å². The van der Waals surface area contributed by atoms with Gasteiger partial charge in [-0.3, -0.25) is 14.0 Å². The minimum Gasteiger partial charge on any atom is -0.392 e. The van der Waals surface area contributed by atoms with Crippen molar-refractivity contribution in [1.29, 1.82) is 0 Å². The molecule has 0 radical (unpaired) electrons. The van der Waals surface area contributed by atoms with Crippen molar-refractivity contribution in [1.82, 2.24) is 14.3 Å². The fourth-order valence-corrected chi connectivity index (χ4v) is 5.30. The molecule has 5 rings (SSSR count). The smallest absolute Gasteiger partial charge is 0.271 e. The summed E-state index contributed by atoms with van der Waals surface area (Å²) in [5.74, 6) is -0.274. The van der Waals surface area contributed by atoms with E-state index in [1.54, 1.807) is 16.5 Å². The van der Waals surface area contributed by atoms with Crippen molar-refractivity contribution in [3.8, 4) is 0 Å². The second-order valence-electron chi connectivity index (χ2n) is 7.36. The quantitative estimate of drug-likeness (QED) is 0.698. The van der Waals surface area contributed by atoms with E-state index in [9.17, 15) is 14.7 Å². The number of piperidine rings is 1. The third-order valence-corrected chi connectivity index (χ3v) is 6.89. The average molecular weight is 381 g/mol. The van der Waals surface area contributed by atoms with Gasteiger partial charge in [0.15, 0.2) is 4.96 Å². The summed E-state index contributed by atoms with van der Waals surface area (Å²) in [4.78, 5) is 32.0. The van der Waals surface area contributed by atoms with Crippen LogP contribution in [0.4, 0.5) is 0 Å². The van der Waals surface area contributed by atoms with Gasteiger partial charge < -0.3 is 10.0 Å². The Hall–Kier alpha value is -2.51. The summed E-state index contributed by atoms with van der Waals surface area (Å²) in [6.45, 7) is 1.05. The van der Waals surface area contributed by atoms with Gasteiger partial charge in [0.05, 0.1) is 6.10 Å². The second kappa shape index (κ2) is 6.00. The molecular formula is C20H19N3O3S. The number of rotatable bonds is 1. The number of fused-ring (bicyclic) bond motifs is 3. The van der Waals surface area contributed by atoms with E-state index in [1.807, 2.05) is 12.1 Å². The number of aliphatic hydroxyl groups excluding tert-OH is 1. The fourth-order valence-electron chi connectivity index (χ4n) is 4.62. The zero-order valence-corrected chi connectivity index (χ0v) is 15.5. The molecule has 2 aliphatic rings.